The van der Waals surface area contributed by atoms with Gasteiger partial charge in [-0.1, -0.05) is 12.1 Å². The molecule has 1 aliphatic rings. The van der Waals surface area contributed by atoms with Crippen molar-refractivity contribution in [2.24, 2.45) is 5.92 Å². The van der Waals surface area contributed by atoms with Crippen LogP contribution >= 0.6 is 0 Å². The van der Waals surface area contributed by atoms with E-state index in [0.29, 0.717) is 5.92 Å². The van der Waals surface area contributed by atoms with Crippen molar-refractivity contribution in [3.8, 4) is 5.75 Å². The van der Waals surface area contributed by atoms with E-state index in [0.717, 1.165) is 37.4 Å². The lowest BCUT2D eigenvalue weighted by molar-refractivity contribution is -0.122. The van der Waals surface area contributed by atoms with Crippen LogP contribution in [0, 0.1) is 5.92 Å². The van der Waals surface area contributed by atoms with Crippen molar-refractivity contribution in [2.45, 2.75) is 25.7 Å². The van der Waals surface area contributed by atoms with Gasteiger partial charge in [0.1, 0.15) is 5.75 Å². The lowest BCUT2D eigenvalue weighted by Crippen LogP contribution is -2.30. The van der Waals surface area contributed by atoms with Crippen LogP contribution in [0.4, 0.5) is 0 Å². The van der Waals surface area contributed by atoms with E-state index < -0.39 is 0 Å². The summed E-state index contributed by atoms with van der Waals surface area (Å²) in [5.74, 6) is 1.44. The topological polar surface area (TPSA) is 50.4 Å². The van der Waals surface area contributed by atoms with Gasteiger partial charge in [-0.15, -0.1) is 0 Å². The highest BCUT2D eigenvalue weighted by atomic mass is 16.5. The van der Waals surface area contributed by atoms with Gasteiger partial charge in [-0.2, -0.15) is 0 Å². The van der Waals surface area contributed by atoms with Gasteiger partial charge in [-0.05, 0) is 56.5 Å². The fraction of sp³-hybridized carbons (Fsp3) is 0.562. The molecular weight excluding hydrogens is 252 g/mol. The summed E-state index contributed by atoms with van der Waals surface area (Å²) in [7, 11) is 1.64. The average molecular weight is 276 g/mol. The summed E-state index contributed by atoms with van der Waals surface area (Å²) in [5.41, 5.74) is 0.990. The highest BCUT2D eigenvalue weighted by molar-refractivity contribution is 5.83. The molecular formula is C16H24N2O2. The summed E-state index contributed by atoms with van der Waals surface area (Å²) in [6, 6.07) is 7.70. The Morgan fingerprint density at radius 1 is 1.55 bits per heavy atom. The molecule has 1 fully saturated rings. The van der Waals surface area contributed by atoms with Crippen molar-refractivity contribution < 1.29 is 9.53 Å². The molecule has 2 N–H and O–H groups in total. The minimum Gasteiger partial charge on any atom is -0.497 e. The molecule has 0 aliphatic carbocycles. The highest BCUT2D eigenvalue weighted by Gasteiger charge is 2.17. The number of rotatable bonds is 6. The zero-order chi connectivity index (χ0) is 14.4. The van der Waals surface area contributed by atoms with Gasteiger partial charge in [0.15, 0.2) is 0 Å². The van der Waals surface area contributed by atoms with E-state index in [-0.39, 0.29) is 11.8 Å². The van der Waals surface area contributed by atoms with Gasteiger partial charge >= 0.3 is 0 Å². The molecule has 0 spiro atoms. The van der Waals surface area contributed by atoms with Gasteiger partial charge < -0.3 is 15.4 Å². The molecule has 0 saturated carbocycles. The summed E-state index contributed by atoms with van der Waals surface area (Å²) in [6.45, 7) is 4.89. The third-order valence-corrected chi connectivity index (χ3v) is 4.00. The second kappa shape index (κ2) is 7.29. The Hall–Kier alpha value is -1.55. The minimum atomic E-state index is -0.146. The van der Waals surface area contributed by atoms with E-state index in [2.05, 4.69) is 10.6 Å². The molecule has 0 radical (unpaired) electrons. The first-order valence-corrected chi connectivity index (χ1v) is 7.33. The molecule has 1 saturated heterocycles. The SMILES string of the molecule is COc1cccc(C(C)C(=O)NCCC2CCNC2)c1. The molecule has 4 nitrogen and oxygen atoms in total. The zero-order valence-electron chi connectivity index (χ0n) is 12.3. The molecule has 1 aliphatic heterocycles. The number of amides is 1. The van der Waals surface area contributed by atoms with Gasteiger partial charge in [0.25, 0.3) is 0 Å². The van der Waals surface area contributed by atoms with Crippen LogP contribution in [0.15, 0.2) is 24.3 Å². The predicted octanol–water partition coefficient (Wildman–Crippen LogP) is 1.91. The van der Waals surface area contributed by atoms with E-state index in [1.807, 2.05) is 31.2 Å². The fourth-order valence-corrected chi connectivity index (χ4v) is 2.58. The molecule has 4 heteroatoms. The average Bonchev–Trinajstić information content (AvgIpc) is 2.99. The summed E-state index contributed by atoms with van der Waals surface area (Å²) in [6.07, 6.45) is 2.28. The number of carbonyl (C=O) groups excluding carboxylic acids is 1. The maximum absolute atomic E-state index is 12.1. The molecule has 110 valence electrons. The first-order chi connectivity index (χ1) is 9.70. The first kappa shape index (κ1) is 14.9. The smallest absolute Gasteiger partial charge is 0.227 e. The number of nitrogens with one attached hydrogen (secondary N) is 2. The Balaban J connectivity index is 1.81. The van der Waals surface area contributed by atoms with Gasteiger partial charge in [0.05, 0.1) is 13.0 Å². The third kappa shape index (κ3) is 3.97. The van der Waals surface area contributed by atoms with Crippen molar-refractivity contribution in [1.82, 2.24) is 10.6 Å². The lowest BCUT2D eigenvalue weighted by Gasteiger charge is -2.14. The van der Waals surface area contributed by atoms with E-state index in [9.17, 15) is 4.79 Å². The second-order valence-electron chi connectivity index (χ2n) is 5.44. The second-order valence-corrected chi connectivity index (χ2v) is 5.44. The summed E-state index contributed by atoms with van der Waals surface area (Å²) >= 11 is 0. The molecule has 2 unspecified atom stereocenters. The molecule has 20 heavy (non-hydrogen) atoms. The molecule has 1 heterocycles. The number of hydrogen-bond donors (Lipinski definition) is 2. The first-order valence-electron chi connectivity index (χ1n) is 7.33. The van der Waals surface area contributed by atoms with E-state index >= 15 is 0 Å². The molecule has 1 amide bonds. The van der Waals surface area contributed by atoms with Crippen LogP contribution in [0.5, 0.6) is 5.75 Å². The van der Waals surface area contributed by atoms with Crippen LogP contribution in [0.2, 0.25) is 0 Å². The quantitative estimate of drug-likeness (QED) is 0.834. The van der Waals surface area contributed by atoms with E-state index in [1.165, 1.54) is 6.42 Å². The monoisotopic (exact) mass is 276 g/mol. The zero-order valence-corrected chi connectivity index (χ0v) is 12.3. The Labute approximate surface area is 120 Å². The van der Waals surface area contributed by atoms with Crippen molar-refractivity contribution in [1.29, 1.82) is 0 Å². The molecule has 1 aromatic carbocycles. The number of benzene rings is 1. The molecule has 1 aromatic rings. The van der Waals surface area contributed by atoms with Crippen LogP contribution in [-0.4, -0.2) is 32.7 Å². The minimum absolute atomic E-state index is 0.0872. The Morgan fingerprint density at radius 2 is 2.40 bits per heavy atom. The van der Waals surface area contributed by atoms with Crippen LogP contribution in [0.3, 0.4) is 0 Å². The highest BCUT2D eigenvalue weighted by Crippen LogP contribution is 2.20. The van der Waals surface area contributed by atoms with Gasteiger partial charge in [-0.3, -0.25) is 4.79 Å². The fourth-order valence-electron chi connectivity index (χ4n) is 2.58. The molecule has 0 bridgehead atoms. The van der Waals surface area contributed by atoms with Crippen LogP contribution in [0.25, 0.3) is 0 Å². The Bertz CT molecular complexity index is 442. The molecule has 2 atom stereocenters. The summed E-state index contributed by atoms with van der Waals surface area (Å²) in [5, 5.41) is 6.38. The molecule has 2 rings (SSSR count). The van der Waals surface area contributed by atoms with Crippen molar-refractivity contribution in [3.63, 3.8) is 0 Å². The number of hydrogen-bond acceptors (Lipinski definition) is 3. The molecule has 0 aromatic heterocycles. The van der Waals surface area contributed by atoms with Crippen molar-refractivity contribution in [3.05, 3.63) is 29.8 Å². The number of methoxy groups -OCH3 is 1. The maximum atomic E-state index is 12.1. The Morgan fingerprint density at radius 3 is 3.10 bits per heavy atom. The van der Waals surface area contributed by atoms with E-state index in [1.54, 1.807) is 7.11 Å². The standard InChI is InChI=1S/C16H24N2O2/c1-12(14-4-3-5-15(10-14)20-2)16(19)18-9-7-13-6-8-17-11-13/h3-5,10,12-13,17H,6-9,11H2,1-2H3,(H,18,19). The van der Waals surface area contributed by atoms with Crippen molar-refractivity contribution in [2.75, 3.05) is 26.7 Å². The van der Waals surface area contributed by atoms with Crippen molar-refractivity contribution >= 4 is 5.91 Å². The van der Waals surface area contributed by atoms with Crippen LogP contribution in [-0.2, 0) is 4.79 Å². The maximum Gasteiger partial charge on any atom is 0.227 e. The van der Waals surface area contributed by atoms with Crippen LogP contribution in [0.1, 0.15) is 31.2 Å². The number of carbonyl (C=O) groups is 1. The lowest BCUT2D eigenvalue weighted by atomic mass is 9.99. The summed E-state index contributed by atoms with van der Waals surface area (Å²) in [4.78, 5) is 12.1. The Kier molecular flexibility index (Phi) is 5.41. The number of ether oxygens (including phenoxy) is 1. The normalized spacial score (nSPS) is 19.6. The van der Waals surface area contributed by atoms with Gasteiger partial charge in [0, 0.05) is 6.54 Å². The predicted molar refractivity (Wildman–Crippen MR) is 80.0 cm³/mol. The van der Waals surface area contributed by atoms with Gasteiger partial charge in [-0.25, -0.2) is 0 Å². The third-order valence-electron chi connectivity index (χ3n) is 4.00. The van der Waals surface area contributed by atoms with Gasteiger partial charge in [0.2, 0.25) is 5.91 Å². The summed E-state index contributed by atoms with van der Waals surface area (Å²) < 4.78 is 5.19. The largest absolute Gasteiger partial charge is 0.497 e. The van der Waals surface area contributed by atoms with E-state index in [4.69, 9.17) is 4.74 Å². The van der Waals surface area contributed by atoms with Crippen LogP contribution < -0.4 is 15.4 Å².